The maximum atomic E-state index is 12.9. The molecule has 2 aliphatic rings. The number of hydrogen-bond donors (Lipinski definition) is 6. The van der Waals surface area contributed by atoms with Gasteiger partial charge in [-0.05, 0) is 37.6 Å². The van der Waals surface area contributed by atoms with E-state index in [1.54, 1.807) is 4.72 Å². The number of carboxylic acid groups (broad SMARTS) is 1. The third-order valence-electron chi connectivity index (χ3n) is 6.14. The largest absolute Gasteiger partial charge is 0.504 e. The Morgan fingerprint density at radius 1 is 1.20 bits per heavy atom. The highest BCUT2D eigenvalue weighted by atomic mass is 32.2. The standard InChI is InChI=1S/C23H25N9O11S2/c1-23(2,19(37)38)43-28-16(13-10-44-20(24)27-13)17(35)26-12-9-30(18(12)36)21(39)29-45(41,42)32-6-5-31(22(32)40)25-8-11-3-4-14(33)15(34)7-11/h3-4,7-8,10,12,33-34H,5-6,9H2,1-2H3,(H2,24,27)(H,26,35)(H,29,39)(H,37,38)/b25-8+,28-16+. The predicted molar refractivity (Wildman–Crippen MR) is 153 cm³/mol. The zero-order chi connectivity index (χ0) is 33.3. The van der Waals surface area contributed by atoms with Gasteiger partial charge in [-0.25, -0.2) is 33.4 Å². The lowest BCUT2D eigenvalue weighted by molar-refractivity contribution is -0.161. The monoisotopic (exact) mass is 667 g/mol. The molecule has 45 heavy (non-hydrogen) atoms. The Labute approximate surface area is 257 Å². The molecule has 0 radical (unpaired) electrons. The molecule has 0 saturated carbocycles. The van der Waals surface area contributed by atoms with Crippen LogP contribution in [-0.2, 0) is 29.4 Å². The van der Waals surface area contributed by atoms with Crippen molar-refractivity contribution in [1.82, 2.24) is 29.2 Å². The summed E-state index contributed by atoms with van der Waals surface area (Å²) in [6, 6.07) is -0.0977. The maximum Gasteiger partial charge on any atom is 0.355 e. The van der Waals surface area contributed by atoms with Crippen LogP contribution in [0.1, 0.15) is 25.1 Å². The summed E-state index contributed by atoms with van der Waals surface area (Å²) in [7, 11) is -4.79. The molecule has 0 spiro atoms. The Balaban J connectivity index is 1.36. The van der Waals surface area contributed by atoms with Gasteiger partial charge in [0.2, 0.25) is 5.60 Å². The van der Waals surface area contributed by atoms with Crippen LogP contribution in [-0.4, -0.2) is 116 Å². The molecule has 240 valence electrons. The van der Waals surface area contributed by atoms with Crippen LogP contribution in [0, 0.1) is 0 Å². The molecule has 6 amide bonds. The molecular formula is C23H25N9O11S2. The van der Waals surface area contributed by atoms with Crippen molar-refractivity contribution >= 4 is 68.4 Å². The molecule has 0 bridgehead atoms. The fourth-order valence-corrected chi connectivity index (χ4v) is 5.17. The Kier molecular flexibility index (Phi) is 8.81. The molecule has 20 nitrogen and oxygen atoms in total. The number of phenolic OH excluding ortho intramolecular Hbond substituents is 2. The van der Waals surface area contributed by atoms with Crippen LogP contribution < -0.4 is 15.8 Å². The van der Waals surface area contributed by atoms with Crippen LogP contribution in [0.2, 0.25) is 0 Å². The van der Waals surface area contributed by atoms with E-state index in [1.807, 2.05) is 0 Å². The van der Waals surface area contributed by atoms with E-state index in [4.69, 9.17) is 10.6 Å². The van der Waals surface area contributed by atoms with E-state index in [9.17, 15) is 47.7 Å². The Morgan fingerprint density at radius 3 is 2.51 bits per heavy atom. The molecule has 3 heterocycles. The molecule has 4 rings (SSSR count). The summed E-state index contributed by atoms with van der Waals surface area (Å²) in [6.07, 6.45) is 1.14. The summed E-state index contributed by atoms with van der Waals surface area (Å²) in [5.74, 6) is -4.23. The Hall–Kier alpha value is -5.51. The second-order valence-corrected chi connectivity index (χ2v) is 12.3. The number of anilines is 1. The Bertz CT molecular complexity index is 1740. The zero-order valence-electron chi connectivity index (χ0n) is 23.3. The number of nitrogens with one attached hydrogen (secondary N) is 2. The number of hydrazone groups is 1. The highest BCUT2D eigenvalue weighted by Crippen LogP contribution is 2.24. The van der Waals surface area contributed by atoms with Crippen molar-refractivity contribution in [3.05, 3.63) is 34.8 Å². The molecule has 1 unspecified atom stereocenters. The molecule has 2 fully saturated rings. The van der Waals surface area contributed by atoms with Crippen molar-refractivity contribution in [1.29, 1.82) is 0 Å². The normalized spacial score (nSPS) is 17.4. The molecule has 1 aromatic carbocycles. The van der Waals surface area contributed by atoms with Gasteiger partial charge >= 0.3 is 28.2 Å². The summed E-state index contributed by atoms with van der Waals surface area (Å²) in [5.41, 5.74) is 3.45. The van der Waals surface area contributed by atoms with Crippen LogP contribution in [0.5, 0.6) is 11.5 Å². The average molecular weight is 668 g/mol. The molecule has 2 saturated heterocycles. The number of amides is 6. The number of nitrogen functional groups attached to an aromatic ring is 1. The van der Waals surface area contributed by atoms with Crippen molar-refractivity contribution < 1.29 is 52.5 Å². The number of carboxylic acids is 1. The van der Waals surface area contributed by atoms with Crippen molar-refractivity contribution in [3.63, 3.8) is 0 Å². The zero-order valence-corrected chi connectivity index (χ0v) is 24.9. The van der Waals surface area contributed by atoms with Gasteiger partial charge < -0.3 is 31.2 Å². The quantitative estimate of drug-likeness (QED) is 0.0750. The lowest BCUT2D eigenvalue weighted by Gasteiger charge is -2.36. The number of imide groups is 1. The number of carbonyl (C=O) groups is 5. The van der Waals surface area contributed by atoms with Crippen LogP contribution >= 0.6 is 11.3 Å². The number of phenols is 2. The molecular weight excluding hydrogens is 642 g/mol. The number of nitrogens with two attached hydrogens (primary N) is 1. The molecule has 2 aromatic rings. The first-order valence-electron chi connectivity index (χ1n) is 12.5. The van der Waals surface area contributed by atoms with Gasteiger partial charge in [0.25, 0.3) is 11.8 Å². The molecule has 1 atom stereocenters. The number of aromatic hydroxyl groups is 2. The second-order valence-electron chi connectivity index (χ2n) is 9.78. The van der Waals surface area contributed by atoms with E-state index in [1.165, 1.54) is 31.4 Å². The number of oxime groups is 1. The molecule has 22 heteroatoms. The number of β-lactam (4-membered cyclic amide) rings is 1. The van der Waals surface area contributed by atoms with Crippen molar-refractivity contribution in [2.24, 2.45) is 10.3 Å². The van der Waals surface area contributed by atoms with Crippen LogP contribution in [0.15, 0.2) is 33.8 Å². The van der Waals surface area contributed by atoms with Gasteiger partial charge in [0.15, 0.2) is 22.3 Å². The first-order chi connectivity index (χ1) is 21.0. The summed E-state index contributed by atoms with van der Waals surface area (Å²) in [5, 5.41) is 40.1. The van der Waals surface area contributed by atoms with Gasteiger partial charge in [0, 0.05) is 5.38 Å². The summed E-state index contributed by atoms with van der Waals surface area (Å²) in [4.78, 5) is 71.4. The number of likely N-dealkylation sites (tertiary alicyclic amines) is 1. The number of nitrogens with zero attached hydrogens (tertiary/aromatic N) is 6. The van der Waals surface area contributed by atoms with Crippen LogP contribution in [0.3, 0.4) is 0 Å². The minimum Gasteiger partial charge on any atom is -0.504 e. The van der Waals surface area contributed by atoms with Gasteiger partial charge in [-0.15, -0.1) is 11.3 Å². The van der Waals surface area contributed by atoms with E-state index in [-0.39, 0.29) is 28.7 Å². The smallest absolute Gasteiger partial charge is 0.355 e. The minimum absolute atomic E-state index is 0.0517. The lowest BCUT2D eigenvalue weighted by Crippen LogP contribution is -2.68. The van der Waals surface area contributed by atoms with Crippen molar-refractivity contribution in [2.45, 2.75) is 25.5 Å². The summed E-state index contributed by atoms with van der Waals surface area (Å²) >= 11 is 0.945. The number of hydrogen-bond acceptors (Lipinski definition) is 15. The van der Waals surface area contributed by atoms with E-state index >= 15 is 0 Å². The minimum atomic E-state index is -4.79. The van der Waals surface area contributed by atoms with E-state index in [0.29, 0.717) is 9.21 Å². The number of benzene rings is 1. The first kappa shape index (κ1) is 32.4. The fraction of sp³-hybridized carbons (Fsp3) is 0.304. The van der Waals surface area contributed by atoms with Gasteiger partial charge in [-0.3, -0.25) is 14.5 Å². The number of thiazole rings is 1. The second kappa shape index (κ2) is 12.2. The van der Waals surface area contributed by atoms with Crippen LogP contribution in [0.25, 0.3) is 0 Å². The van der Waals surface area contributed by atoms with Crippen molar-refractivity contribution in [2.75, 3.05) is 25.4 Å². The SMILES string of the molecule is CC(C)(O/N=C(/C(=O)NC1CN(C(=O)NS(=O)(=O)N2CCN(/N=C/c3ccc(O)c(O)c3)C2=O)C1=O)c1csc(N)n1)C(=O)O. The number of aromatic nitrogens is 1. The number of urea groups is 2. The number of rotatable bonds is 10. The third-order valence-corrected chi connectivity index (χ3v) is 8.17. The van der Waals surface area contributed by atoms with Gasteiger partial charge in [0.05, 0.1) is 25.8 Å². The maximum absolute atomic E-state index is 12.9. The average Bonchev–Trinajstić information content (AvgIpc) is 3.56. The number of carbonyl (C=O) groups excluding carboxylic acids is 4. The molecule has 7 N–H and O–H groups in total. The van der Waals surface area contributed by atoms with E-state index in [2.05, 4.69) is 20.6 Å². The van der Waals surface area contributed by atoms with Crippen LogP contribution in [0.4, 0.5) is 14.7 Å². The number of aliphatic carboxylic acids is 1. The first-order valence-corrected chi connectivity index (χ1v) is 14.9. The third kappa shape index (κ3) is 7.01. The molecule has 0 aliphatic carbocycles. The summed E-state index contributed by atoms with van der Waals surface area (Å²) < 4.78 is 27.4. The van der Waals surface area contributed by atoms with Crippen molar-refractivity contribution in [3.8, 4) is 11.5 Å². The summed E-state index contributed by atoms with van der Waals surface area (Å²) in [6.45, 7) is 1.30. The topological polar surface area (TPSA) is 287 Å². The predicted octanol–water partition coefficient (Wildman–Crippen LogP) is -1.23. The Morgan fingerprint density at radius 2 is 1.91 bits per heavy atom. The lowest BCUT2D eigenvalue weighted by atomic mass is 10.1. The van der Waals surface area contributed by atoms with E-state index in [0.717, 1.165) is 28.6 Å². The fourth-order valence-electron chi connectivity index (χ4n) is 3.56. The van der Waals surface area contributed by atoms with Gasteiger partial charge in [0.1, 0.15) is 11.7 Å². The highest BCUT2D eigenvalue weighted by molar-refractivity contribution is 7.88. The van der Waals surface area contributed by atoms with E-state index < -0.39 is 76.2 Å². The molecule has 2 aliphatic heterocycles. The molecule has 1 aromatic heterocycles. The highest BCUT2D eigenvalue weighted by Gasteiger charge is 2.45. The van der Waals surface area contributed by atoms with Gasteiger partial charge in [-0.1, -0.05) is 5.16 Å². The van der Waals surface area contributed by atoms with Gasteiger partial charge in [-0.2, -0.15) is 13.5 Å².